The third-order valence-corrected chi connectivity index (χ3v) is 6.78. The Balaban J connectivity index is 1.42. The normalized spacial score (nSPS) is 12.7. The van der Waals surface area contributed by atoms with E-state index in [-0.39, 0.29) is 10.8 Å². The van der Waals surface area contributed by atoms with Gasteiger partial charge in [0.25, 0.3) is 10.0 Å². The molecule has 0 saturated heterocycles. The van der Waals surface area contributed by atoms with E-state index in [9.17, 15) is 13.2 Å². The Morgan fingerprint density at radius 1 is 0.697 bits per heavy atom. The summed E-state index contributed by atoms with van der Waals surface area (Å²) in [7, 11) is -3.74. The van der Waals surface area contributed by atoms with Crippen LogP contribution < -0.4 is 14.8 Å². The maximum atomic E-state index is 13.4. The van der Waals surface area contributed by atoms with E-state index in [1.165, 1.54) is 12.1 Å². The van der Waals surface area contributed by atoms with Crippen LogP contribution in [0, 0.1) is 0 Å². The van der Waals surface area contributed by atoms with Crippen molar-refractivity contribution in [3.63, 3.8) is 0 Å². The molecule has 0 aliphatic carbocycles. The molecule has 1 amide bonds. The first-order chi connectivity index (χ1) is 16.0. The molecule has 4 aromatic carbocycles. The molecule has 5 rings (SSSR count). The minimum Gasteiger partial charge on any atom is -0.457 e. The number of para-hydroxylation sites is 2. The number of nitrogens with one attached hydrogen (secondary N) is 2. The molecule has 1 aliphatic heterocycles. The van der Waals surface area contributed by atoms with Gasteiger partial charge in [-0.05, 0) is 42.5 Å². The smallest absolute Gasteiger partial charge is 0.261 e. The molecule has 1 heterocycles. The number of fused-ring (bicyclic) bond motifs is 2. The van der Waals surface area contributed by atoms with Crippen LogP contribution in [-0.2, 0) is 14.8 Å². The molecule has 0 bridgehead atoms. The zero-order chi connectivity index (χ0) is 22.8. The third kappa shape index (κ3) is 4.18. The summed E-state index contributed by atoms with van der Waals surface area (Å²) in [6, 6.07) is 29.6. The highest BCUT2D eigenvalue weighted by Crippen LogP contribution is 2.44. The Bertz CT molecular complexity index is 1390. The second kappa shape index (κ2) is 8.44. The van der Waals surface area contributed by atoms with Gasteiger partial charge in [-0.1, -0.05) is 60.7 Å². The predicted octanol–water partition coefficient (Wildman–Crippen LogP) is 5.36. The quantitative estimate of drug-likeness (QED) is 0.423. The number of rotatable bonds is 5. The van der Waals surface area contributed by atoms with E-state index in [4.69, 9.17) is 4.74 Å². The number of amides is 1. The van der Waals surface area contributed by atoms with Crippen molar-refractivity contribution in [2.45, 2.75) is 10.8 Å². The molecular weight excluding hydrogens is 436 g/mol. The lowest BCUT2D eigenvalue weighted by Crippen LogP contribution is -2.25. The first kappa shape index (κ1) is 20.8. The lowest BCUT2D eigenvalue weighted by molar-refractivity contribution is -0.116. The molecule has 164 valence electrons. The summed E-state index contributed by atoms with van der Waals surface area (Å²) in [5, 5.41) is 2.93. The number of benzene rings is 4. The van der Waals surface area contributed by atoms with Gasteiger partial charge in [0, 0.05) is 16.8 Å². The van der Waals surface area contributed by atoms with Crippen molar-refractivity contribution in [3.8, 4) is 11.5 Å². The zero-order valence-electron chi connectivity index (χ0n) is 17.4. The van der Waals surface area contributed by atoms with Gasteiger partial charge in [-0.25, -0.2) is 8.42 Å². The van der Waals surface area contributed by atoms with Crippen molar-refractivity contribution in [1.82, 2.24) is 0 Å². The summed E-state index contributed by atoms with van der Waals surface area (Å²) in [6.07, 6.45) is 0. The molecule has 0 atom stereocenters. The van der Waals surface area contributed by atoms with Crippen molar-refractivity contribution in [3.05, 3.63) is 114 Å². The van der Waals surface area contributed by atoms with Crippen LogP contribution in [0.1, 0.15) is 17.0 Å². The fourth-order valence-electron chi connectivity index (χ4n) is 3.88. The van der Waals surface area contributed by atoms with Gasteiger partial charge in [-0.15, -0.1) is 0 Å². The Hall–Kier alpha value is -4.10. The van der Waals surface area contributed by atoms with Gasteiger partial charge in [0.2, 0.25) is 5.91 Å². The van der Waals surface area contributed by atoms with Crippen LogP contribution in [0.15, 0.2) is 108 Å². The fraction of sp³-hybridized carbons (Fsp3) is 0.0385. The Morgan fingerprint density at radius 2 is 1.27 bits per heavy atom. The van der Waals surface area contributed by atoms with Crippen molar-refractivity contribution in [2.75, 3.05) is 10.0 Å². The first-order valence-corrected chi connectivity index (χ1v) is 11.8. The van der Waals surface area contributed by atoms with Crippen LogP contribution in [-0.4, -0.2) is 14.3 Å². The lowest BCUT2D eigenvalue weighted by Gasteiger charge is -2.27. The predicted molar refractivity (Wildman–Crippen MR) is 127 cm³/mol. The SMILES string of the molecule is O=C(Nc1cccc(NS(=O)(=O)c2ccccc2)c1)C1c2ccccc2Oc2ccccc21. The number of ether oxygens (including phenoxy) is 1. The Kier molecular flexibility index (Phi) is 5.32. The second-order valence-corrected chi connectivity index (χ2v) is 9.28. The van der Waals surface area contributed by atoms with Crippen LogP contribution in [0.5, 0.6) is 11.5 Å². The highest BCUT2D eigenvalue weighted by atomic mass is 32.2. The maximum Gasteiger partial charge on any atom is 0.261 e. The van der Waals surface area contributed by atoms with Gasteiger partial charge in [-0.2, -0.15) is 0 Å². The lowest BCUT2D eigenvalue weighted by atomic mass is 9.87. The Morgan fingerprint density at radius 3 is 1.94 bits per heavy atom. The minimum absolute atomic E-state index is 0.162. The van der Waals surface area contributed by atoms with Crippen molar-refractivity contribution < 1.29 is 17.9 Å². The van der Waals surface area contributed by atoms with Crippen LogP contribution in [0.2, 0.25) is 0 Å². The van der Waals surface area contributed by atoms with Gasteiger partial charge < -0.3 is 10.1 Å². The fourth-order valence-corrected chi connectivity index (χ4v) is 4.95. The molecule has 2 N–H and O–H groups in total. The molecule has 33 heavy (non-hydrogen) atoms. The molecular formula is C26H20N2O4S. The van der Waals surface area contributed by atoms with Gasteiger partial charge in [0.05, 0.1) is 16.5 Å². The molecule has 0 spiro atoms. The number of sulfonamides is 1. The van der Waals surface area contributed by atoms with Gasteiger partial charge in [-0.3, -0.25) is 9.52 Å². The molecule has 1 aliphatic rings. The van der Waals surface area contributed by atoms with E-state index in [2.05, 4.69) is 10.0 Å². The first-order valence-electron chi connectivity index (χ1n) is 10.4. The topological polar surface area (TPSA) is 84.5 Å². The number of hydrogen-bond acceptors (Lipinski definition) is 4. The highest BCUT2D eigenvalue weighted by Gasteiger charge is 2.32. The van der Waals surface area contributed by atoms with Crippen molar-refractivity contribution in [1.29, 1.82) is 0 Å². The maximum absolute atomic E-state index is 13.4. The van der Waals surface area contributed by atoms with Crippen LogP contribution in [0.4, 0.5) is 11.4 Å². The standard InChI is InChI=1S/C26H20N2O4S/c29-26(25-21-13-4-6-15-23(21)32-24-16-7-5-14-22(24)25)27-18-9-8-10-19(17-18)28-33(30,31)20-11-2-1-3-12-20/h1-17,25,28H,(H,27,29). The molecule has 0 radical (unpaired) electrons. The average Bonchev–Trinajstić information content (AvgIpc) is 2.83. The Labute approximate surface area is 191 Å². The van der Waals surface area contributed by atoms with Gasteiger partial charge >= 0.3 is 0 Å². The van der Waals surface area contributed by atoms with Crippen LogP contribution in [0.25, 0.3) is 0 Å². The molecule has 4 aromatic rings. The monoisotopic (exact) mass is 456 g/mol. The molecule has 0 aromatic heterocycles. The van der Waals surface area contributed by atoms with E-state index >= 15 is 0 Å². The van der Waals surface area contributed by atoms with Gasteiger partial charge in [0.1, 0.15) is 11.5 Å². The summed E-state index contributed by atoms with van der Waals surface area (Å²) < 4.78 is 33.8. The van der Waals surface area contributed by atoms with E-state index in [1.807, 2.05) is 48.5 Å². The average molecular weight is 457 g/mol. The molecule has 0 saturated carbocycles. The molecule has 7 heteroatoms. The van der Waals surface area contributed by atoms with Crippen LogP contribution >= 0.6 is 0 Å². The van der Waals surface area contributed by atoms with Crippen molar-refractivity contribution >= 4 is 27.3 Å². The van der Waals surface area contributed by atoms with E-state index in [0.29, 0.717) is 22.9 Å². The molecule has 6 nitrogen and oxygen atoms in total. The zero-order valence-corrected chi connectivity index (χ0v) is 18.3. The summed E-state index contributed by atoms with van der Waals surface area (Å²) in [5.74, 6) is 0.485. The summed E-state index contributed by atoms with van der Waals surface area (Å²) >= 11 is 0. The molecule has 0 unspecified atom stereocenters. The highest BCUT2D eigenvalue weighted by molar-refractivity contribution is 7.92. The summed E-state index contributed by atoms with van der Waals surface area (Å²) in [4.78, 5) is 13.6. The second-order valence-electron chi connectivity index (χ2n) is 7.60. The summed E-state index contributed by atoms with van der Waals surface area (Å²) in [6.45, 7) is 0. The van der Waals surface area contributed by atoms with Gasteiger partial charge in [0.15, 0.2) is 0 Å². The van der Waals surface area contributed by atoms with E-state index in [0.717, 1.165) is 11.1 Å². The largest absolute Gasteiger partial charge is 0.457 e. The number of hydrogen-bond donors (Lipinski definition) is 2. The minimum atomic E-state index is -3.74. The van der Waals surface area contributed by atoms with Crippen molar-refractivity contribution in [2.24, 2.45) is 0 Å². The third-order valence-electron chi connectivity index (χ3n) is 5.38. The molecule has 0 fully saturated rings. The summed E-state index contributed by atoms with van der Waals surface area (Å²) in [5.41, 5.74) is 2.38. The number of carbonyl (C=O) groups is 1. The number of anilines is 2. The van der Waals surface area contributed by atoms with Crippen LogP contribution in [0.3, 0.4) is 0 Å². The van der Waals surface area contributed by atoms with E-state index < -0.39 is 15.9 Å². The number of carbonyl (C=O) groups excluding carboxylic acids is 1. The van der Waals surface area contributed by atoms with E-state index in [1.54, 1.807) is 42.5 Å².